The maximum atomic E-state index is 12.6. The van der Waals surface area contributed by atoms with Crippen LogP contribution in [0.5, 0.6) is 0 Å². The molecule has 1 aromatic carbocycles. The van der Waals surface area contributed by atoms with E-state index < -0.39 is 23.1 Å². The Kier molecular flexibility index (Phi) is 1.97. The van der Waals surface area contributed by atoms with Crippen LogP contribution in [-0.2, 0) is 6.05 Å². The van der Waals surface area contributed by atoms with Gasteiger partial charge in [0.25, 0.3) is 0 Å². The Morgan fingerprint density at radius 1 is 1.25 bits per heavy atom. The summed E-state index contributed by atoms with van der Waals surface area (Å²) in [5, 5.41) is 0. The van der Waals surface area contributed by atoms with E-state index in [0.29, 0.717) is 0 Å². The smallest absolute Gasteiger partial charge is 0.329 e. The molecule has 0 aliphatic carbocycles. The first kappa shape index (κ1) is 8.86. The van der Waals surface area contributed by atoms with Crippen LogP contribution >= 0.6 is 0 Å². The van der Waals surface area contributed by atoms with E-state index in [9.17, 15) is 13.2 Å². The Bertz CT molecular complexity index is 293. The normalized spacial score (nSPS) is 11.7. The summed E-state index contributed by atoms with van der Waals surface area (Å²) in [6.45, 7) is 0. The predicted octanol–water partition coefficient (Wildman–Crippen LogP) is 1.42. The molecule has 12 heavy (non-hydrogen) atoms. The van der Waals surface area contributed by atoms with Crippen molar-refractivity contribution in [1.29, 1.82) is 0 Å². The van der Waals surface area contributed by atoms with Crippen LogP contribution in [0.1, 0.15) is 5.56 Å². The molecular weight excluding hydrogens is 169 g/mol. The van der Waals surface area contributed by atoms with Crippen molar-refractivity contribution >= 4 is 5.69 Å². The van der Waals surface area contributed by atoms with Gasteiger partial charge >= 0.3 is 6.05 Å². The average Bonchev–Trinajstić information content (AvgIpc) is 1.92. The fraction of sp³-hybridized carbons (Fsp3) is 0.143. The summed E-state index contributed by atoms with van der Waals surface area (Å²) in [6, 6.07) is -0.489. The highest BCUT2D eigenvalue weighted by Gasteiger charge is 2.28. The van der Waals surface area contributed by atoms with Crippen LogP contribution in [0, 0.1) is 5.82 Å². The highest BCUT2D eigenvalue weighted by atomic mass is 19.3. The SMILES string of the molecule is Nc1c(F)cccc1C(N)(F)F. The number of nitrogen functional groups attached to an aromatic ring is 1. The van der Waals surface area contributed by atoms with Crippen LogP contribution in [0.15, 0.2) is 18.2 Å². The van der Waals surface area contributed by atoms with Gasteiger partial charge in [-0.05, 0) is 12.1 Å². The van der Waals surface area contributed by atoms with Gasteiger partial charge in [-0.25, -0.2) is 4.39 Å². The zero-order chi connectivity index (χ0) is 9.35. The van der Waals surface area contributed by atoms with E-state index in [0.717, 1.165) is 18.2 Å². The van der Waals surface area contributed by atoms with Crippen LogP contribution in [0.3, 0.4) is 0 Å². The number of nitrogens with two attached hydrogens (primary N) is 2. The van der Waals surface area contributed by atoms with Gasteiger partial charge in [-0.15, -0.1) is 0 Å². The molecule has 0 amide bonds. The van der Waals surface area contributed by atoms with E-state index in [1.165, 1.54) is 0 Å². The molecule has 0 heterocycles. The van der Waals surface area contributed by atoms with E-state index in [-0.39, 0.29) is 0 Å². The largest absolute Gasteiger partial charge is 0.396 e. The fourth-order valence-electron chi connectivity index (χ4n) is 0.828. The molecular formula is C7H7F3N2. The first-order chi connectivity index (χ1) is 5.43. The highest BCUT2D eigenvalue weighted by molar-refractivity contribution is 5.49. The van der Waals surface area contributed by atoms with Gasteiger partial charge in [0.15, 0.2) is 0 Å². The van der Waals surface area contributed by atoms with Crippen LogP contribution in [0.2, 0.25) is 0 Å². The average molecular weight is 176 g/mol. The van der Waals surface area contributed by atoms with Gasteiger partial charge in [0.2, 0.25) is 0 Å². The molecule has 0 bridgehead atoms. The first-order valence-corrected chi connectivity index (χ1v) is 3.14. The number of halogens is 3. The summed E-state index contributed by atoms with van der Waals surface area (Å²) in [4.78, 5) is 0. The molecule has 0 aromatic heterocycles. The quantitative estimate of drug-likeness (QED) is 0.502. The van der Waals surface area contributed by atoms with Crippen LogP contribution in [0.25, 0.3) is 0 Å². The second-order valence-electron chi connectivity index (χ2n) is 2.32. The Morgan fingerprint density at radius 3 is 2.25 bits per heavy atom. The molecule has 0 spiro atoms. The minimum Gasteiger partial charge on any atom is -0.396 e. The zero-order valence-corrected chi connectivity index (χ0v) is 6.02. The molecule has 1 rings (SSSR count). The third-order valence-corrected chi connectivity index (χ3v) is 1.41. The van der Waals surface area contributed by atoms with E-state index in [2.05, 4.69) is 5.73 Å². The monoisotopic (exact) mass is 176 g/mol. The summed E-state index contributed by atoms with van der Waals surface area (Å²) in [6.07, 6.45) is 0. The first-order valence-electron chi connectivity index (χ1n) is 3.14. The van der Waals surface area contributed by atoms with Crippen molar-refractivity contribution in [1.82, 2.24) is 0 Å². The zero-order valence-electron chi connectivity index (χ0n) is 6.02. The summed E-state index contributed by atoms with van der Waals surface area (Å²) in [5.41, 5.74) is 8.18. The topological polar surface area (TPSA) is 52.0 Å². The second-order valence-corrected chi connectivity index (χ2v) is 2.32. The lowest BCUT2D eigenvalue weighted by Crippen LogP contribution is -2.26. The van der Waals surface area contributed by atoms with Crippen LogP contribution in [-0.4, -0.2) is 0 Å². The number of rotatable bonds is 1. The molecule has 1 aromatic rings. The van der Waals surface area contributed by atoms with Gasteiger partial charge < -0.3 is 5.73 Å². The number of hydrogen-bond acceptors (Lipinski definition) is 2. The Balaban J connectivity index is 3.26. The van der Waals surface area contributed by atoms with Crippen molar-refractivity contribution in [3.8, 4) is 0 Å². The molecule has 0 saturated heterocycles. The van der Waals surface area contributed by atoms with Gasteiger partial charge in [-0.2, -0.15) is 8.78 Å². The minimum absolute atomic E-state index is 0.606. The molecule has 0 fully saturated rings. The van der Waals surface area contributed by atoms with E-state index in [1.807, 2.05) is 0 Å². The maximum absolute atomic E-state index is 12.6. The van der Waals surface area contributed by atoms with Crippen molar-refractivity contribution in [3.63, 3.8) is 0 Å². The van der Waals surface area contributed by atoms with Crippen molar-refractivity contribution < 1.29 is 13.2 Å². The van der Waals surface area contributed by atoms with Gasteiger partial charge in [0.05, 0.1) is 11.3 Å². The number of hydrogen-bond donors (Lipinski definition) is 2. The Morgan fingerprint density at radius 2 is 1.83 bits per heavy atom. The molecule has 0 unspecified atom stereocenters. The van der Waals surface area contributed by atoms with E-state index in [1.54, 1.807) is 0 Å². The third kappa shape index (κ3) is 1.50. The maximum Gasteiger partial charge on any atom is 0.329 e. The summed E-state index contributed by atoms with van der Waals surface area (Å²) in [7, 11) is 0. The third-order valence-electron chi connectivity index (χ3n) is 1.41. The Hall–Kier alpha value is -1.23. The summed E-state index contributed by atoms with van der Waals surface area (Å²) >= 11 is 0. The number of alkyl halides is 2. The number of anilines is 1. The summed E-state index contributed by atoms with van der Waals surface area (Å²) < 4.78 is 37.4. The molecule has 66 valence electrons. The molecule has 0 atom stereocenters. The number of para-hydroxylation sites is 1. The van der Waals surface area contributed by atoms with Crippen molar-refractivity contribution in [2.45, 2.75) is 6.05 Å². The van der Waals surface area contributed by atoms with Gasteiger partial charge in [-0.3, -0.25) is 5.73 Å². The van der Waals surface area contributed by atoms with Crippen molar-refractivity contribution in [3.05, 3.63) is 29.6 Å². The second kappa shape index (κ2) is 2.67. The lowest BCUT2D eigenvalue weighted by atomic mass is 10.1. The molecule has 2 nitrogen and oxygen atoms in total. The standard InChI is InChI=1S/C7H7F3N2/c8-5-3-1-2-4(6(5)11)7(9,10)12/h1-3H,11-12H2. The molecule has 5 heteroatoms. The summed E-state index contributed by atoms with van der Waals surface area (Å²) in [5.74, 6) is -0.891. The predicted molar refractivity (Wildman–Crippen MR) is 38.9 cm³/mol. The van der Waals surface area contributed by atoms with Gasteiger partial charge in [0.1, 0.15) is 5.82 Å². The molecule has 0 saturated carbocycles. The van der Waals surface area contributed by atoms with E-state index in [4.69, 9.17) is 5.73 Å². The highest BCUT2D eigenvalue weighted by Crippen LogP contribution is 2.28. The lowest BCUT2D eigenvalue weighted by molar-refractivity contribution is 0.00356. The molecule has 4 N–H and O–H groups in total. The van der Waals surface area contributed by atoms with Crippen LogP contribution in [0.4, 0.5) is 18.9 Å². The van der Waals surface area contributed by atoms with Crippen LogP contribution < -0.4 is 11.5 Å². The molecule has 0 radical (unpaired) electrons. The van der Waals surface area contributed by atoms with Gasteiger partial charge in [0, 0.05) is 0 Å². The van der Waals surface area contributed by atoms with Crippen molar-refractivity contribution in [2.24, 2.45) is 5.73 Å². The Labute approximate surface area is 67.0 Å². The van der Waals surface area contributed by atoms with Crippen molar-refractivity contribution in [2.75, 3.05) is 5.73 Å². The lowest BCUT2D eigenvalue weighted by Gasteiger charge is -2.12. The minimum atomic E-state index is -3.59. The molecule has 0 aliphatic rings. The fourth-order valence-corrected chi connectivity index (χ4v) is 0.828. The van der Waals surface area contributed by atoms with E-state index >= 15 is 0 Å². The number of benzene rings is 1. The molecule has 0 aliphatic heterocycles. The van der Waals surface area contributed by atoms with Gasteiger partial charge in [-0.1, -0.05) is 6.07 Å².